The maximum atomic E-state index is 12.6. The van der Waals surface area contributed by atoms with Crippen molar-refractivity contribution in [2.45, 2.75) is 32.7 Å². The van der Waals surface area contributed by atoms with Crippen molar-refractivity contribution >= 4 is 22.5 Å². The zero-order valence-corrected chi connectivity index (χ0v) is 16.7. The number of piperazine rings is 1. The number of hydrogen-bond donors (Lipinski definition) is 1. The molecule has 1 amide bonds. The van der Waals surface area contributed by atoms with Gasteiger partial charge in [-0.2, -0.15) is 0 Å². The smallest absolute Gasteiger partial charge is 0.261 e. The number of piperidine rings is 1. The number of aromatic nitrogens is 2. The Balaban J connectivity index is 1.40. The first kappa shape index (κ1) is 18.9. The Morgan fingerprint density at radius 2 is 1.96 bits per heavy atom. The van der Waals surface area contributed by atoms with Crippen LogP contribution < -0.4 is 15.8 Å². The minimum Gasteiger partial charge on any atom is -0.369 e. The van der Waals surface area contributed by atoms with Gasteiger partial charge in [-0.1, -0.05) is 0 Å². The molecule has 0 bridgehead atoms. The highest BCUT2D eigenvalue weighted by Gasteiger charge is 2.23. The van der Waals surface area contributed by atoms with Gasteiger partial charge in [-0.15, -0.1) is 0 Å². The molecule has 0 spiro atoms. The molecule has 2 aliphatic rings. The molecule has 0 saturated carbocycles. The summed E-state index contributed by atoms with van der Waals surface area (Å²) in [4.78, 5) is 33.3. The second kappa shape index (κ2) is 7.91. The van der Waals surface area contributed by atoms with Gasteiger partial charge in [-0.05, 0) is 44.4 Å². The molecule has 7 heteroatoms. The molecule has 28 heavy (non-hydrogen) atoms. The van der Waals surface area contributed by atoms with E-state index in [1.807, 2.05) is 32.0 Å². The molecule has 1 aromatic heterocycles. The summed E-state index contributed by atoms with van der Waals surface area (Å²) in [6.45, 7) is 9.82. The molecular formula is C21H29N5O2. The molecule has 1 atom stereocenters. The lowest BCUT2D eigenvalue weighted by atomic mass is 9.98. The van der Waals surface area contributed by atoms with Gasteiger partial charge in [0.2, 0.25) is 5.91 Å². The number of carbonyl (C=O) groups is 1. The molecule has 2 saturated heterocycles. The largest absolute Gasteiger partial charge is 0.369 e. The average molecular weight is 383 g/mol. The standard InChI is InChI=1S/C21H29N5O2/c1-15(2)26-14-23-19-11-17(4-5-18(19)21(26)28)25-9-7-24(8-10-25)13-16-3-6-20(27)22-12-16/h4-5,11,14-16H,3,6-10,12-13H2,1-2H3,(H,22,27). The van der Waals surface area contributed by atoms with Gasteiger partial charge in [0.15, 0.2) is 0 Å². The Kier molecular flexibility index (Phi) is 5.35. The highest BCUT2D eigenvalue weighted by molar-refractivity contribution is 5.81. The van der Waals surface area contributed by atoms with Crippen molar-refractivity contribution in [2.24, 2.45) is 5.92 Å². The van der Waals surface area contributed by atoms with E-state index >= 15 is 0 Å². The number of nitrogens with one attached hydrogen (secondary N) is 1. The zero-order valence-electron chi connectivity index (χ0n) is 16.7. The maximum Gasteiger partial charge on any atom is 0.261 e. The van der Waals surface area contributed by atoms with Crippen LogP contribution in [0.2, 0.25) is 0 Å². The van der Waals surface area contributed by atoms with Gasteiger partial charge < -0.3 is 10.2 Å². The minimum absolute atomic E-state index is 0.0240. The summed E-state index contributed by atoms with van der Waals surface area (Å²) < 4.78 is 1.68. The van der Waals surface area contributed by atoms with Gasteiger partial charge in [0.1, 0.15) is 0 Å². The van der Waals surface area contributed by atoms with E-state index < -0.39 is 0 Å². The summed E-state index contributed by atoms with van der Waals surface area (Å²) in [5.41, 5.74) is 1.92. The Labute approximate surface area is 165 Å². The molecule has 150 valence electrons. The lowest BCUT2D eigenvalue weighted by Crippen LogP contribution is -2.49. The molecule has 7 nitrogen and oxygen atoms in total. The van der Waals surface area contributed by atoms with E-state index in [1.54, 1.807) is 10.9 Å². The highest BCUT2D eigenvalue weighted by Crippen LogP contribution is 2.22. The van der Waals surface area contributed by atoms with E-state index in [2.05, 4.69) is 20.1 Å². The van der Waals surface area contributed by atoms with Crippen LogP contribution in [0.4, 0.5) is 5.69 Å². The molecule has 2 aromatic rings. The van der Waals surface area contributed by atoms with Crippen molar-refractivity contribution in [2.75, 3.05) is 44.2 Å². The number of fused-ring (bicyclic) bond motifs is 1. The topological polar surface area (TPSA) is 70.5 Å². The van der Waals surface area contributed by atoms with E-state index in [9.17, 15) is 9.59 Å². The summed E-state index contributed by atoms with van der Waals surface area (Å²) in [7, 11) is 0. The number of benzene rings is 1. The lowest BCUT2D eigenvalue weighted by molar-refractivity contribution is -0.123. The molecule has 0 radical (unpaired) electrons. The van der Waals surface area contributed by atoms with Gasteiger partial charge in [0, 0.05) is 57.4 Å². The van der Waals surface area contributed by atoms with Crippen LogP contribution in [0.3, 0.4) is 0 Å². The van der Waals surface area contributed by atoms with E-state index in [0.717, 1.165) is 56.9 Å². The van der Waals surface area contributed by atoms with Crippen molar-refractivity contribution in [3.05, 3.63) is 34.9 Å². The Hall–Kier alpha value is -2.41. The fraction of sp³-hybridized carbons (Fsp3) is 0.571. The van der Waals surface area contributed by atoms with Crippen LogP contribution >= 0.6 is 0 Å². The molecule has 1 unspecified atom stereocenters. The maximum absolute atomic E-state index is 12.6. The number of carbonyl (C=O) groups excluding carboxylic acids is 1. The SMILES string of the molecule is CC(C)n1cnc2cc(N3CCN(CC4CCC(=O)NC4)CC3)ccc2c1=O. The lowest BCUT2D eigenvalue weighted by Gasteiger charge is -2.38. The zero-order chi connectivity index (χ0) is 19.7. The molecule has 2 aliphatic heterocycles. The van der Waals surface area contributed by atoms with E-state index in [4.69, 9.17) is 0 Å². The number of hydrogen-bond acceptors (Lipinski definition) is 5. The molecular weight excluding hydrogens is 354 g/mol. The first-order chi connectivity index (χ1) is 13.5. The van der Waals surface area contributed by atoms with Gasteiger partial charge >= 0.3 is 0 Å². The van der Waals surface area contributed by atoms with Crippen LogP contribution in [0.25, 0.3) is 10.9 Å². The monoisotopic (exact) mass is 383 g/mol. The fourth-order valence-electron chi connectivity index (χ4n) is 4.18. The number of amides is 1. The summed E-state index contributed by atoms with van der Waals surface area (Å²) in [5.74, 6) is 0.753. The van der Waals surface area contributed by atoms with Crippen molar-refractivity contribution in [3.63, 3.8) is 0 Å². The molecule has 0 aliphatic carbocycles. The van der Waals surface area contributed by atoms with Gasteiger partial charge in [0.25, 0.3) is 5.56 Å². The second-order valence-electron chi connectivity index (χ2n) is 8.25. The van der Waals surface area contributed by atoms with Crippen molar-refractivity contribution in [1.29, 1.82) is 0 Å². The molecule has 3 heterocycles. The molecule has 1 aromatic carbocycles. The summed E-state index contributed by atoms with van der Waals surface area (Å²) in [6.07, 6.45) is 3.31. The van der Waals surface area contributed by atoms with Crippen molar-refractivity contribution < 1.29 is 4.79 Å². The van der Waals surface area contributed by atoms with Crippen molar-refractivity contribution in [3.8, 4) is 0 Å². The number of nitrogens with zero attached hydrogens (tertiary/aromatic N) is 4. The van der Waals surface area contributed by atoms with Gasteiger partial charge in [-0.3, -0.25) is 19.1 Å². The third-order valence-electron chi connectivity index (χ3n) is 5.95. The predicted octanol–water partition coefficient (Wildman–Crippen LogP) is 1.63. The predicted molar refractivity (Wildman–Crippen MR) is 111 cm³/mol. The Bertz CT molecular complexity index is 905. The van der Waals surface area contributed by atoms with Gasteiger partial charge in [0.05, 0.1) is 17.2 Å². The second-order valence-corrected chi connectivity index (χ2v) is 8.25. The first-order valence-corrected chi connectivity index (χ1v) is 10.3. The van der Waals surface area contributed by atoms with Crippen LogP contribution in [-0.4, -0.2) is 59.6 Å². The van der Waals surface area contributed by atoms with Gasteiger partial charge in [-0.25, -0.2) is 4.98 Å². The number of rotatable bonds is 4. The Morgan fingerprint density at radius 1 is 1.18 bits per heavy atom. The third-order valence-corrected chi connectivity index (χ3v) is 5.95. The average Bonchev–Trinajstić information content (AvgIpc) is 2.70. The summed E-state index contributed by atoms with van der Waals surface area (Å²) >= 11 is 0. The molecule has 1 N–H and O–H groups in total. The fourth-order valence-corrected chi connectivity index (χ4v) is 4.18. The van der Waals surface area contributed by atoms with Crippen LogP contribution in [0, 0.1) is 5.92 Å². The van der Waals surface area contributed by atoms with Crippen LogP contribution in [0.5, 0.6) is 0 Å². The van der Waals surface area contributed by atoms with Crippen LogP contribution in [0.15, 0.2) is 29.3 Å². The van der Waals surface area contributed by atoms with E-state index in [-0.39, 0.29) is 17.5 Å². The first-order valence-electron chi connectivity index (χ1n) is 10.3. The van der Waals surface area contributed by atoms with Crippen LogP contribution in [-0.2, 0) is 4.79 Å². The third kappa shape index (κ3) is 3.90. The minimum atomic E-state index is 0.0240. The van der Waals surface area contributed by atoms with Crippen LogP contribution in [0.1, 0.15) is 32.7 Å². The van der Waals surface area contributed by atoms with E-state index in [0.29, 0.717) is 17.7 Å². The quantitative estimate of drug-likeness (QED) is 0.869. The Morgan fingerprint density at radius 3 is 2.64 bits per heavy atom. The van der Waals surface area contributed by atoms with E-state index in [1.165, 1.54) is 0 Å². The number of anilines is 1. The van der Waals surface area contributed by atoms with Crippen molar-refractivity contribution in [1.82, 2.24) is 19.8 Å². The molecule has 2 fully saturated rings. The summed E-state index contributed by atoms with van der Waals surface area (Å²) in [6, 6.07) is 6.10. The molecule has 4 rings (SSSR count). The summed E-state index contributed by atoms with van der Waals surface area (Å²) in [5, 5.41) is 3.66. The highest BCUT2D eigenvalue weighted by atomic mass is 16.1. The normalized spacial score (nSPS) is 21.3.